The van der Waals surface area contributed by atoms with Crippen LogP contribution in [0.15, 0.2) is 22.7 Å². The zero-order chi connectivity index (χ0) is 14.5. The number of methoxy groups -OCH3 is 1. The normalized spacial score (nSPS) is 22.9. The van der Waals surface area contributed by atoms with Crippen molar-refractivity contribution in [1.82, 2.24) is 5.32 Å². The average Bonchev–Trinajstić information content (AvgIpc) is 2.63. The van der Waals surface area contributed by atoms with E-state index >= 15 is 0 Å². The number of carbonyl (C=O) groups is 1. The number of ether oxygens (including phenoxy) is 1. The largest absolute Gasteiger partial charge is 0.496 e. The van der Waals surface area contributed by atoms with Crippen LogP contribution < -0.4 is 10.1 Å². The van der Waals surface area contributed by atoms with E-state index in [0.717, 1.165) is 23.2 Å². The molecule has 0 aliphatic heterocycles. The first-order valence-electron chi connectivity index (χ1n) is 7.24. The van der Waals surface area contributed by atoms with Gasteiger partial charge in [-0.25, -0.2) is 0 Å². The minimum Gasteiger partial charge on any atom is -0.496 e. The highest BCUT2D eigenvalue weighted by atomic mass is 79.9. The smallest absolute Gasteiger partial charge is 0.255 e. The topological polar surface area (TPSA) is 38.3 Å². The molecule has 0 saturated heterocycles. The summed E-state index contributed by atoms with van der Waals surface area (Å²) in [6, 6.07) is 5.79. The molecule has 2 atom stereocenters. The Labute approximate surface area is 129 Å². The van der Waals surface area contributed by atoms with Crippen LogP contribution in [0.1, 0.15) is 49.4 Å². The molecule has 0 heterocycles. The van der Waals surface area contributed by atoms with Crippen LogP contribution in [-0.2, 0) is 0 Å². The summed E-state index contributed by atoms with van der Waals surface area (Å²) in [4.78, 5) is 12.4. The van der Waals surface area contributed by atoms with Gasteiger partial charge in [0.25, 0.3) is 5.91 Å². The van der Waals surface area contributed by atoms with Crippen LogP contribution in [0.5, 0.6) is 5.75 Å². The Kier molecular flexibility index (Phi) is 5.46. The van der Waals surface area contributed by atoms with Crippen molar-refractivity contribution in [1.29, 1.82) is 0 Å². The van der Waals surface area contributed by atoms with E-state index in [9.17, 15) is 4.79 Å². The minimum atomic E-state index is -0.0334. The van der Waals surface area contributed by atoms with E-state index < -0.39 is 0 Å². The molecular weight excluding hydrogens is 318 g/mol. The quantitative estimate of drug-likeness (QED) is 0.839. The predicted octanol–water partition coefficient (Wildman–Crippen LogP) is 4.16. The third-order valence-corrected chi connectivity index (χ3v) is 4.49. The van der Waals surface area contributed by atoms with Gasteiger partial charge in [-0.2, -0.15) is 0 Å². The third kappa shape index (κ3) is 3.98. The zero-order valence-corrected chi connectivity index (χ0v) is 13.7. The number of hydrogen-bond donors (Lipinski definition) is 1. The van der Waals surface area contributed by atoms with Gasteiger partial charge in [0.15, 0.2) is 0 Å². The molecule has 4 heteroatoms. The molecule has 2 rings (SSSR count). The molecule has 1 saturated carbocycles. The summed E-state index contributed by atoms with van der Waals surface area (Å²) in [5, 5.41) is 3.16. The fourth-order valence-electron chi connectivity index (χ4n) is 2.75. The van der Waals surface area contributed by atoms with Crippen molar-refractivity contribution in [3.63, 3.8) is 0 Å². The molecule has 0 aromatic heterocycles. The molecule has 1 amide bonds. The fraction of sp³-hybridized carbons (Fsp3) is 0.562. The molecule has 1 fully saturated rings. The maximum atomic E-state index is 12.4. The minimum absolute atomic E-state index is 0.0334. The number of nitrogens with one attached hydrogen (secondary N) is 1. The Morgan fingerprint density at radius 2 is 2.10 bits per heavy atom. The summed E-state index contributed by atoms with van der Waals surface area (Å²) >= 11 is 3.39. The van der Waals surface area contributed by atoms with Crippen molar-refractivity contribution in [2.75, 3.05) is 7.11 Å². The lowest BCUT2D eigenvalue weighted by atomic mass is 10.0. The molecule has 110 valence electrons. The summed E-state index contributed by atoms with van der Waals surface area (Å²) in [6.07, 6.45) is 5.82. The number of halogens is 1. The molecule has 1 aromatic carbocycles. The van der Waals surface area contributed by atoms with Gasteiger partial charge in [0, 0.05) is 10.5 Å². The van der Waals surface area contributed by atoms with Crippen molar-refractivity contribution >= 4 is 21.8 Å². The average molecular weight is 340 g/mol. The summed E-state index contributed by atoms with van der Waals surface area (Å²) in [5.41, 5.74) is 0.605. The van der Waals surface area contributed by atoms with E-state index in [2.05, 4.69) is 28.2 Å². The lowest BCUT2D eigenvalue weighted by Gasteiger charge is -2.17. The number of hydrogen-bond acceptors (Lipinski definition) is 2. The summed E-state index contributed by atoms with van der Waals surface area (Å²) in [7, 11) is 1.59. The highest BCUT2D eigenvalue weighted by Crippen LogP contribution is 2.25. The highest BCUT2D eigenvalue weighted by Gasteiger charge is 2.20. The van der Waals surface area contributed by atoms with Gasteiger partial charge >= 0.3 is 0 Å². The van der Waals surface area contributed by atoms with Crippen LogP contribution in [-0.4, -0.2) is 19.1 Å². The molecule has 1 aliphatic carbocycles. The number of carbonyl (C=O) groups excluding carboxylic acids is 1. The van der Waals surface area contributed by atoms with E-state index in [-0.39, 0.29) is 5.91 Å². The third-order valence-electron chi connectivity index (χ3n) is 4.00. The van der Waals surface area contributed by atoms with Crippen molar-refractivity contribution in [2.24, 2.45) is 5.92 Å². The van der Waals surface area contributed by atoms with Gasteiger partial charge in [-0.3, -0.25) is 4.79 Å². The van der Waals surface area contributed by atoms with Crippen LogP contribution in [0.4, 0.5) is 0 Å². The Morgan fingerprint density at radius 1 is 1.30 bits per heavy atom. The Morgan fingerprint density at radius 3 is 2.85 bits per heavy atom. The van der Waals surface area contributed by atoms with E-state index in [1.54, 1.807) is 13.2 Å². The first kappa shape index (κ1) is 15.4. The van der Waals surface area contributed by atoms with Gasteiger partial charge in [-0.05, 0) is 43.4 Å². The number of benzene rings is 1. The van der Waals surface area contributed by atoms with Gasteiger partial charge in [0.1, 0.15) is 5.75 Å². The van der Waals surface area contributed by atoms with Crippen LogP contribution >= 0.6 is 15.9 Å². The molecule has 0 spiro atoms. The second-order valence-corrected chi connectivity index (χ2v) is 6.54. The Hall–Kier alpha value is -1.03. The first-order valence-corrected chi connectivity index (χ1v) is 8.04. The van der Waals surface area contributed by atoms with Crippen molar-refractivity contribution in [3.05, 3.63) is 28.2 Å². The molecule has 0 bridgehead atoms. The second kappa shape index (κ2) is 7.11. The van der Waals surface area contributed by atoms with Crippen LogP contribution in [0.25, 0.3) is 0 Å². The summed E-state index contributed by atoms with van der Waals surface area (Å²) in [5.74, 6) is 1.35. The SMILES string of the molecule is COc1cc(Br)ccc1C(=O)NC1CCCC(C)CC1. The molecule has 0 radical (unpaired) electrons. The van der Waals surface area contributed by atoms with Gasteiger partial charge in [0.2, 0.25) is 0 Å². The van der Waals surface area contributed by atoms with Crippen LogP contribution in [0, 0.1) is 5.92 Å². The predicted molar refractivity (Wildman–Crippen MR) is 84.2 cm³/mol. The Bertz CT molecular complexity index is 476. The molecule has 1 aliphatic rings. The highest BCUT2D eigenvalue weighted by molar-refractivity contribution is 9.10. The maximum Gasteiger partial charge on any atom is 0.255 e. The molecule has 1 aromatic rings. The van der Waals surface area contributed by atoms with Gasteiger partial charge in [0.05, 0.1) is 12.7 Å². The molecule has 20 heavy (non-hydrogen) atoms. The lowest BCUT2D eigenvalue weighted by Crippen LogP contribution is -2.34. The maximum absolute atomic E-state index is 12.4. The molecule has 2 unspecified atom stereocenters. The molecule has 3 nitrogen and oxygen atoms in total. The van der Waals surface area contributed by atoms with Crippen molar-refractivity contribution < 1.29 is 9.53 Å². The second-order valence-electron chi connectivity index (χ2n) is 5.63. The molecular formula is C16H22BrNO2. The van der Waals surface area contributed by atoms with Crippen molar-refractivity contribution in [3.8, 4) is 5.75 Å². The van der Waals surface area contributed by atoms with Crippen LogP contribution in [0.3, 0.4) is 0 Å². The summed E-state index contributed by atoms with van der Waals surface area (Å²) < 4.78 is 6.20. The fourth-order valence-corrected chi connectivity index (χ4v) is 3.09. The lowest BCUT2D eigenvalue weighted by molar-refractivity contribution is 0.0930. The van der Waals surface area contributed by atoms with Crippen LogP contribution in [0.2, 0.25) is 0 Å². The van der Waals surface area contributed by atoms with Gasteiger partial charge < -0.3 is 10.1 Å². The number of amides is 1. The zero-order valence-electron chi connectivity index (χ0n) is 12.1. The monoisotopic (exact) mass is 339 g/mol. The first-order chi connectivity index (χ1) is 9.60. The van der Waals surface area contributed by atoms with E-state index in [4.69, 9.17) is 4.74 Å². The van der Waals surface area contributed by atoms with E-state index in [0.29, 0.717) is 17.4 Å². The van der Waals surface area contributed by atoms with Gasteiger partial charge in [-0.1, -0.05) is 35.7 Å². The number of rotatable bonds is 3. The molecule has 1 N–H and O–H groups in total. The standard InChI is InChI=1S/C16H22BrNO2/c1-11-4-3-5-13(8-6-11)18-16(19)14-9-7-12(17)10-15(14)20-2/h7,9-11,13H,3-6,8H2,1-2H3,(H,18,19). The van der Waals surface area contributed by atoms with E-state index in [1.165, 1.54) is 19.3 Å². The van der Waals surface area contributed by atoms with Crippen molar-refractivity contribution in [2.45, 2.75) is 45.1 Å². The van der Waals surface area contributed by atoms with Gasteiger partial charge in [-0.15, -0.1) is 0 Å². The summed E-state index contributed by atoms with van der Waals surface area (Å²) in [6.45, 7) is 2.29. The Balaban J connectivity index is 2.04. The van der Waals surface area contributed by atoms with E-state index in [1.807, 2.05) is 12.1 Å².